The van der Waals surface area contributed by atoms with Crippen LogP contribution in [0, 0.1) is 0 Å². The van der Waals surface area contributed by atoms with Gasteiger partial charge in [0, 0.05) is 22.1 Å². The first-order valence-corrected chi connectivity index (χ1v) is 4.86. The van der Waals surface area contributed by atoms with Crippen LogP contribution in [-0.2, 0) is 0 Å². The molecule has 0 amide bonds. The van der Waals surface area contributed by atoms with E-state index in [0.29, 0.717) is 0 Å². The molecule has 8 heavy (non-hydrogen) atoms. The van der Waals surface area contributed by atoms with Gasteiger partial charge in [-0.25, -0.2) is 0 Å². The van der Waals surface area contributed by atoms with Gasteiger partial charge in [-0.15, -0.1) is 0 Å². The molecule has 0 aliphatic carbocycles. The number of rotatable bonds is 5. The smallest absolute Gasteiger partial charge is 0.0434 e. The van der Waals surface area contributed by atoms with Crippen LogP contribution in [-0.4, -0.2) is 18.0 Å². The van der Waals surface area contributed by atoms with Gasteiger partial charge >= 0.3 is 0 Å². The van der Waals surface area contributed by atoms with Crippen LogP contribution in [0.3, 0.4) is 0 Å². The zero-order valence-corrected chi connectivity index (χ0v) is 6.52. The molecule has 1 nitrogen and oxygen atoms in total. The van der Waals surface area contributed by atoms with Crippen molar-refractivity contribution in [2.24, 2.45) is 5.73 Å². The highest BCUT2D eigenvalue weighted by molar-refractivity contribution is 8.76. The lowest BCUT2D eigenvalue weighted by Gasteiger charge is -1.93. The molecule has 0 aliphatic rings. The number of nitrogens with two attached hydrogens (primary N) is 1. The van der Waals surface area contributed by atoms with E-state index in [1.54, 1.807) is 0 Å². The Balaban J connectivity index is 3.15. The largest absolute Gasteiger partial charge is 0.330 e. The van der Waals surface area contributed by atoms with Crippen LogP contribution in [0.1, 0.15) is 17.4 Å². The van der Waals surface area contributed by atoms with Crippen LogP contribution >= 0.6 is 21.6 Å². The average molecular weight is 154 g/mol. The zero-order chi connectivity index (χ0) is 8.91. The highest BCUT2D eigenvalue weighted by Gasteiger charge is 1.83. The summed E-state index contributed by atoms with van der Waals surface area (Å²) in [5.74, 6) is 1.01. The summed E-state index contributed by atoms with van der Waals surface area (Å²) in [6.45, 7) is 0.230. The van der Waals surface area contributed by atoms with Crippen LogP contribution in [0.15, 0.2) is 0 Å². The molecule has 2 N–H and O–H groups in total. The molecule has 50 valence electrons. The Morgan fingerprint density at radius 1 is 1.50 bits per heavy atom. The first-order chi connectivity index (χ1) is 4.92. The first kappa shape index (κ1) is 4.47. The summed E-state index contributed by atoms with van der Waals surface area (Å²) >= 11 is 0. The molecule has 0 aromatic carbocycles. The second kappa shape index (κ2) is 7.66. The molecule has 0 heterocycles. The van der Waals surface area contributed by atoms with Crippen molar-refractivity contribution in [3.63, 3.8) is 0 Å². The highest BCUT2D eigenvalue weighted by atomic mass is 33.1. The van der Waals surface area contributed by atoms with E-state index in [2.05, 4.69) is 0 Å². The SMILES string of the molecule is [2H]C(C)CSSCC([2H])([2H])N. The fourth-order valence-electron chi connectivity index (χ4n) is 0.192. The van der Waals surface area contributed by atoms with Gasteiger partial charge < -0.3 is 5.73 Å². The quantitative estimate of drug-likeness (QED) is 0.482. The average Bonchev–Trinajstić information content (AvgIpc) is 1.78. The van der Waals surface area contributed by atoms with Crippen molar-refractivity contribution in [2.75, 3.05) is 18.0 Å². The molecule has 0 rings (SSSR count). The fraction of sp³-hybridized carbons (Fsp3) is 1.00. The van der Waals surface area contributed by atoms with E-state index in [0.717, 1.165) is 5.75 Å². The Morgan fingerprint density at radius 2 is 2.12 bits per heavy atom. The maximum atomic E-state index is 7.15. The van der Waals surface area contributed by atoms with Gasteiger partial charge in [0.15, 0.2) is 0 Å². The van der Waals surface area contributed by atoms with Gasteiger partial charge in [-0.3, -0.25) is 0 Å². The van der Waals surface area contributed by atoms with E-state index in [4.69, 9.17) is 9.85 Å². The van der Waals surface area contributed by atoms with E-state index >= 15 is 0 Å². The number of hydrogen-bond donors (Lipinski definition) is 1. The van der Waals surface area contributed by atoms with Crippen molar-refractivity contribution in [3.05, 3.63) is 0 Å². The van der Waals surface area contributed by atoms with Gasteiger partial charge in [-0.05, 0) is 6.40 Å². The van der Waals surface area contributed by atoms with Crippen molar-refractivity contribution in [2.45, 2.75) is 13.3 Å². The van der Waals surface area contributed by atoms with Crippen molar-refractivity contribution >= 4 is 21.6 Å². The molecule has 0 bridgehead atoms. The van der Waals surface area contributed by atoms with Gasteiger partial charge in [-0.2, -0.15) is 0 Å². The molecule has 3 heteroatoms. The molecule has 0 fully saturated rings. The lowest BCUT2D eigenvalue weighted by molar-refractivity contribution is 1.11. The maximum Gasteiger partial charge on any atom is 0.0434 e. The molecule has 0 spiro atoms. The summed E-state index contributed by atoms with van der Waals surface area (Å²) in [4.78, 5) is 0. The van der Waals surface area contributed by atoms with Crippen LogP contribution in [0.2, 0.25) is 0 Å². The third kappa shape index (κ3) is 6.66. The van der Waals surface area contributed by atoms with Crippen molar-refractivity contribution in [1.82, 2.24) is 0 Å². The Bertz CT molecular complexity index is 104. The highest BCUT2D eigenvalue weighted by Crippen LogP contribution is 2.20. The second-order valence-corrected chi connectivity index (χ2v) is 3.67. The Kier molecular flexibility index (Phi) is 4.28. The minimum Gasteiger partial charge on any atom is -0.330 e. The molecule has 1 atom stereocenters. The van der Waals surface area contributed by atoms with Gasteiger partial charge in [0.05, 0.1) is 0 Å². The van der Waals surface area contributed by atoms with E-state index in [1.165, 1.54) is 21.6 Å². The lowest BCUT2D eigenvalue weighted by atomic mass is 10.6. The van der Waals surface area contributed by atoms with E-state index in [1.807, 2.05) is 6.92 Å². The zero-order valence-electron chi connectivity index (χ0n) is 7.89. The van der Waals surface area contributed by atoms with Gasteiger partial charge in [-0.1, -0.05) is 28.5 Å². The van der Waals surface area contributed by atoms with Crippen LogP contribution in [0.5, 0.6) is 0 Å². The molecule has 0 aliphatic heterocycles. The van der Waals surface area contributed by atoms with Gasteiger partial charge in [0.2, 0.25) is 0 Å². The minimum atomic E-state index is -1.58. The van der Waals surface area contributed by atoms with E-state index in [-0.39, 0.29) is 12.1 Å². The Morgan fingerprint density at radius 3 is 2.62 bits per heavy atom. The summed E-state index contributed by atoms with van der Waals surface area (Å²) in [6.07, 6.45) is -0.0869. The van der Waals surface area contributed by atoms with E-state index in [9.17, 15) is 0 Å². The summed E-state index contributed by atoms with van der Waals surface area (Å²) in [5, 5.41) is 0. The fourth-order valence-corrected chi connectivity index (χ4v) is 1.73. The monoisotopic (exact) mass is 154 g/mol. The third-order valence-corrected chi connectivity index (χ3v) is 2.64. The Labute approximate surface area is 63.4 Å². The molecular formula is C5H13NS2. The predicted octanol–water partition coefficient (Wildman–Crippen LogP) is 1.74. The predicted molar refractivity (Wildman–Crippen MR) is 44.3 cm³/mol. The molecular weight excluding hydrogens is 138 g/mol. The molecule has 0 saturated carbocycles. The normalized spacial score (nSPS) is 21.0. The molecule has 0 aromatic heterocycles. The number of hydrogen-bond acceptors (Lipinski definition) is 3. The Hall–Kier alpha value is 0.660. The lowest BCUT2D eigenvalue weighted by Crippen LogP contribution is -1.99. The molecule has 0 radical (unpaired) electrons. The van der Waals surface area contributed by atoms with Crippen LogP contribution < -0.4 is 5.73 Å². The van der Waals surface area contributed by atoms with Crippen LogP contribution in [0.4, 0.5) is 0 Å². The summed E-state index contributed by atoms with van der Waals surface area (Å²) in [6, 6.07) is 0. The summed E-state index contributed by atoms with van der Waals surface area (Å²) in [5.41, 5.74) is 5.10. The van der Waals surface area contributed by atoms with Crippen molar-refractivity contribution in [3.8, 4) is 0 Å². The van der Waals surface area contributed by atoms with Gasteiger partial charge in [0.25, 0.3) is 0 Å². The van der Waals surface area contributed by atoms with Gasteiger partial charge in [0.1, 0.15) is 0 Å². The van der Waals surface area contributed by atoms with Crippen molar-refractivity contribution < 1.29 is 4.11 Å². The topological polar surface area (TPSA) is 26.0 Å². The minimum absolute atomic E-state index is 0.0869. The molecule has 0 saturated heterocycles. The summed E-state index contributed by atoms with van der Waals surface area (Å²) in [7, 11) is 2.88. The summed E-state index contributed by atoms with van der Waals surface area (Å²) < 4.78 is 21.1. The third-order valence-electron chi connectivity index (χ3n) is 0.460. The molecule has 0 aromatic rings. The van der Waals surface area contributed by atoms with Crippen molar-refractivity contribution in [1.29, 1.82) is 0 Å². The van der Waals surface area contributed by atoms with Crippen LogP contribution in [0.25, 0.3) is 0 Å². The molecule has 1 unspecified atom stereocenters. The first-order valence-electron chi connectivity index (χ1n) is 3.95. The standard InChI is InChI=1S/C5H13NS2/c1-2-4-7-8-5-3-6/h2-6H2,1H3/i2D,3D2. The van der Waals surface area contributed by atoms with E-state index < -0.39 is 6.50 Å². The maximum absolute atomic E-state index is 7.15. The second-order valence-electron chi connectivity index (χ2n) is 1.16.